The number of morpholine rings is 1. The molecule has 0 bridgehead atoms. The van der Waals surface area contributed by atoms with E-state index in [2.05, 4.69) is 15.1 Å². The molecule has 0 spiro atoms. The van der Waals surface area contributed by atoms with E-state index in [1.165, 1.54) is 19.3 Å². The summed E-state index contributed by atoms with van der Waals surface area (Å²) in [7, 11) is 4.06. The zero-order chi connectivity index (χ0) is 23.3. The van der Waals surface area contributed by atoms with Crippen molar-refractivity contribution >= 4 is 11.7 Å². The molecule has 9 atom stereocenters. The maximum Gasteiger partial charge on any atom is 0.253 e. The summed E-state index contributed by atoms with van der Waals surface area (Å²) in [4.78, 5) is 29.8. The minimum atomic E-state index is -1.20. The van der Waals surface area contributed by atoms with Gasteiger partial charge in [0.2, 0.25) is 0 Å². The number of hydrogen-bond donors (Lipinski definition) is 2. The largest absolute Gasteiger partial charge is 0.369 e. The summed E-state index contributed by atoms with van der Waals surface area (Å²) in [6.45, 7) is 1.63. The SMILES string of the molecule is CN(C)CCCNC1C(F)CC2C(=O)C(C(N)=O)=CN3C4C(CCC5CCCCC54)OC1C23. The Bertz CT molecular complexity index is 805. The van der Waals surface area contributed by atoms with Crippen LogP contribution in [0.15, 0.2) is 11.8 Å². The topological polar surface area (TPSA) is 87.9 Å². The second-order valence-electron chi connectivity index (χ2n) is 11.1. The normalized spacial score (nSPS) is 42.3. The Morgan fingerprint density at radius 1 is 1.24 bits per heavy atom. The van der Waals surface area contributed by atoms with Crippen LogP contribution in [0.2, 0.25) is 0 Å². The van der Waals surface area contributed by atoms with Crippen molar-refractivity contribution in [2.24, 2.45) is 23.5 Å². The molecule has 1 amide bonds. The van der Waals surface area contributed by atoms with Gasteiger partial charge in [-0.15, -0.1) is 0 Å². The lowest BCUT2D eigenvalue weighted by Gasteiger charge is -2.62. The number of carbonyl (C=O) groups is 2. The second-order valence-corrected chi connectivity index (χ2v) is 11.1. The molecule has 3 saturated carbocycles. The van der Waals surface area contributed by atoms with Crippen molar-refractivity contribution in [3.63, 3.8) is 0 Å². The highest BCUT2D eigenvalue weighted by Gasteiger charge is 2.60. The number of hydrogen-bond acceptors (Lipinski definition) is 6. The van der Waals surface area contributed by atoms with Crippen molar-refractivity contribution in [2.45, 2.75) is 87.9 Å². The first-order valence-electron chi connectivity index (χ1n) is 12.9. The van der Waals surface area contributed by atoms with Gasteiger partial charge < -0.3 is 25.6 Å². The number of alkyl halides is 1. The van der Waals surface area contributed by atoms with Crippen LogP contribution in [0.4, 0.5) is 4.39 Å². The summed E-state index contributed by atoms with van der Waals surface area (Å²) in [5.41, 5.74) is 5.66. The molecule has 4 fully saturated rings. The molecular formula is C25H39FN4O3. The quantitative estimate of drug-likeness (QED) is 0.461. The van der Waals surface area contributed by atoms with Gasteiger partial charge in [-0.05, 0) is 71.1 Å². The third-order valence-corrected chi connectivity index (χ3v) is 8.91. The van der Waals surface area contributed by atoms with Gasteiger partial charge in [0, 0.05) is 12.1 Å². The Morgan fingerprint density at radius 3 is 2.79 bits per heavy atom. The number of rotatable bonds is 6. The van der Waals surface area contributed by atoms with Crippen molar-refractivity contribution in [3.05, 3.63) is 11.8 Å². The first-order chi connectivity index (χ1) is 15.9. The average molecular weight is 463 g/mol. The summed E-state index contributed by atoms with van der Waals surface area (Å²) in [6, 6.07) is -0.543. The molecule has 9 unspecified atom stereocenters. The van der Waals surface area contributed by atoms with E-state index in [0.29, 0.717) is 18.4 Å². The highest BCUT2D eigenvalue weighted by molar-refractivity contribution is 6.20. The number of nitrogens with two attached hydrogens (primary N) is 1. The number of amides is 1. The van der Waals surface area contributed by atoms with E-state index in [1.54, 1.807) is 6.20 Å². The van der Waals surface area contributed by atoms with Crippen LogP contribution in [0, 0.1) is 17.8 Å². The maximum atomic E-state index is 15.5. The fourth-order valence-electron chi connectivity index (χ4n) is 7.49. The van der Waals surface area contributed by atoms with Crippen molar-refractivity contribution in [3.8, 4) is 0 Å². The predicted octanol–water partition coefficient (Wildman–Crippen LogP) is 1.61. The third kappa shape index (κ3) is 4.12. The van der Waals surface area contributed by atoms with Crippen molar-refractivity contribution < 1.29 is 18.7 Å². The third-order valence-electron chi connectivity index (χ3n) is 8.91. The van der Waals surface area contributed by atoms with Crippen LogP contribution >= 0.6 is 0 Å². The number of fused-ring (bicyclic) bond motifs is 4. The predicted molar refractivity (Wildman–Crippen MR) is 123 cm³/mol. The van der Waals surface area contributed by atoms with Gasteiger partial charge in [0.15, 0.2) is 5.78 Å². The molecule has 5 aliphatic rings. The fourth-order valence-corrected chi connectivity index (χ4v) is 7.49. The number of ether oxygens (including phenoxy) is 1. The lowest BCUT2D eigenvalue weighted by molar-refractivity contribution is -0.215. The van der Waals surface area contributed by atoms with Crippen LogP contribution in [0.25, 0.3) is 0 Å². The van der Waals surface area contributed by atoms with Crippen LogP contribution in [0.5, 0.6) is 0 Å². The van der Waals surface area contributed by atoms with E-state index in [1.807, 2.05) is 14.1 Å². The number of ketones is 1. The van der Waals surface area contributed by atoms with Crippen LogP contribution in [0.3, 0.4) is 0 Å². The summed E-state index contributed by atoms with van der Waals surface area (Å²) >= 11 is 0. The molecule has 3 aliphatic carbocycles. The van der Waals surface area contributed by atoms with E-state index < -0.39 is 30.1 Å². The summed E-state index contributed by atoms with van der Waals surface area (Å²) in [6.07, 6.45) is 8.14. The smallest absolute Gasteiger partial charge is 0.253 e. The van der Waals surface area contributed by atoms with Crippen molar-refractivity contribution in [1.82, 2.24) is 15.1 Å². The van der Waals surface area contributed by atoms with Gasteiger partial charge in [-0.3, -0.25) is 9.59 Å². The van der Waals surface area contributed by atoms with Gasteiger partial charge in [0.05, 0.1) is 35.9 Å². The first kappa shape index (κ1) is 23.2. The summed E-state index contributed by atoms with van der Waals surface area (Å²) < 4.78 is 22.3. The maximum absolute atomic E-state index is 15.5. The van der Waals surface area contributed by atoms with Gasteiger partial charge >= 0.3 is 0 Å². The number of primary amides is 1. The Labute approximate surface area is 196 Å². The number of nitrogens with zero attached hydrogens (tertiary/aromatic N) is 2. The lowest BCUT2D eigenvalue weighted by atomic mass is 9.63. The van der Waals surface area contributed by atoms with E-state index in [0.717, 1.165) is 32.2 Å². The second kappa shape index (κ2) is 9.27. The Morgan fingerprint density at radius 2 is 2.03 bits per heavy atom. The highest BCUT2D eigenvalue weighted by Crippen LogP contribution is 2.51. The summed E-state index contributed by atoms with van der Waals surface area (Å²) in [5.74, 6) is -0.428. The zero-order valence-electron chi connectivity index (χ0n) is 19.9. The van der Waals surface area contributed by atoms with Crippen LogP contribution in [-0.2, 0) is 14.3 Å². The first-order valence-corrected chi connectivity index (χ1v) is 12.9. The standard InChI is InChI=1S/C25H39FN4O3/c1-29(2)11-5-10-28-20-18(26)12-16-22-24(20)33-19-9-8-14-6-3-4-7-15(14)21(19)30(22)13-17(23(16)31)25(27)32/h13-16,18-22,24,28H,3-12H2,1-2H3,(H2,27,32). The number of halogens is 1. The van der Waals surface area contributed by atoms with Gasteiger partial charge in [0.25, 0.3) is 5.91 Å². The fraction of sp³-hybridized carbons (Fsp3) is 0.840. The molecule has 3 N–H and O–H groups in total. The van der Waals surface area contributed by atoms with Gasteiger partial charge in [-0.25, -0.2) is 4.39 Å². The van der Waals surface area contributed by atoms with Crippen LogP contribution < -0.4 is 11.1 Å². The molecule has 1 saturated heterocycles. The number of carbonyl (C=O) groups excluding carboxylic acids is 2. The Kier molecular flexibility index (Phi) is 6.53. The lowest BCUT2D eigenvalue weighted by Crippen LogP contribution is -2.74. The molecule has 0 aromatic heterocycles. The minimum absolute atomic E-state index is 0.00111. The minimum Gasteiger partial charge on any atom is -0.369 e. The number of Topliss-reactive ketones (excluding diaryl/α,β-unsaturated/α-hetero) is 1. The molecule has 0 aromatic rings. The Hall–Kier alpha value is -1.51. The van der Waals surface area contributed by atoms with Crippen LogP contribution in [-0.4, -0.2) is 85.2 Å². The zero-order valence-corrected chi connectivity index (χ0v) is 19.9. The van der Waals surface area contributed by atoms with E-state index in [-0.39, 0.29) is 36.0 Å². The number of nitrogens with one attached hydrogen (secondary N) is 1. The molecule has 7 nitrogen and oxygen atoms in total. The van der Waals surface area contributed by atoms with Crippen molar-refractivity contribution in [2.75, 3.05) is 27.2 Å². The van der Waals surface area contributed by atoms with Crippen LogP contribution in [0.1, 0.15) is 51.4 Å². The molecule has 2 heterocycles. The monoisotopic (exact) mass is 462 g/mol. The van der Waals surface area contributed by atoms with E-state index in [9.17, 15) is 9.59 Å². The highest BCUT2D eigenvalue weighted by atomic mass is 19.1. The average Bonchev–Trinajstić information content (AvgIpc) is 2.79. The molecule has 5 rings (SSSR count). The van der Waals surface area contributed by atoms with E-state index in [4.69, 9.17) is 10.5 Å². The molecule has 0 aromatic carbocycles. The molecule has 2 aliphatic heterocycles. The molecule has 33 heavy (non-hydrogen) atoms. The van der Waals surface area contributed by atoms with Crippen molar-refractivity contribution in [1.29, 1.82) is 0 Å². The van der Waals surface area contributed by atoms with Gasteiger partial charge in [-0.2, -0.15) is 0 Å². The van der Waals surface area contributed by atoms with Gasteiger partial charge in [-0.1, -0.05) is 19.3 Å². The van der Waals surface area contributed by atoms with Gasteiger partial charge in [0.1, 0.15) is 6.17 Å². The molecule has 0 radical (unpaired) electrons. The summed E-state index contributed by atoms with van der Waals surface area (Å²) in [5, 5.41) is 3.44. The molecule has 184 valence electrons. The molecule has 8 heteroatoms. The Balaban J connectivity index is 1.47. The van der Waals surface area contributed by atoms with E-state index >= 15 is 4.39 Å². The molecular weight excluding hydrogens is 423 g/mol.